The fourth-order valence-electron chi connectivity index (χ4n) is 2.77. The summed E-state index contributed by atoms with van der Waals surface area (Å²) in [5.74, 6) is -0.695. The molecule has 2 atom stereocenters. The molecule has 0 heterocycles. The van der Waals surface area contributed by atoms with E-state index in [9.17, 15) is 15.0 Å². The number of rotatable bonds is 6. The van der Waals surface area contributed by atoms with Gasteiger partial charge in [0.05, 0.1) is 19.6 Å². The van der Waals surface area contributed by atoms with Gasteiger partial charge >= 0.3 is 5.97 Å². The first kappa shape index (κ1) is 17.0. The van der Waals surface area contributed by atoms with Crippen LogP contribution >= 0.6 is 0 Å². The molecule has 0 saturated carbocycles. The third-order valence-electron chi connectivity index (χ3n) is 4.27. The molecule has 4 heteroatoms. The highest BCUT2D eigenvalue weighted by Crippen LogP contribution is 2.38. The van der Waals surface area contributed by atoms with Gasteiger partial charge in [0.1, 0.15) is 5.75 Å². The quantitative estimate of drug-likeness (QED) is 0.845. The van der Waals surface area contributed by atoms with Gasteiger partial charge in [0.2, 0.25) is 0 Å². The first-order chi connectivity index (χ1) is 11.0. The minimum Gasteiger partial charge on any atom is -0.497 e. The Balaban J connectivity index is 2.26. The van der Waals surface area contributed by atoms with E-state index in [0.717, 1.165) is 16.9 Å². The predicted octanol–water partition coefficient (Wildman–Crippen LogP) is 3.29. The SMILES string of the molecule is COc1cccc(/C(=C/CC2(C)C=CC=CC2C(=O)O)CO)c1. The van der Waals surface area contributed by atoms with Gasteiger partial charge in [-0.1, -0.05) is 49.4 Å². The van der Waals surface area contributed by atoms with Crippen LogP contribution in [0, 0.1) is 11.3 Å². The number of hydrogen-bond donors (Lipinski definition) is 2. The van der Waals surface area contributed by atoms with Crippen molar-refractivity contribution in [3.05, 3.63) is 60.2 Å². The van der Waals surface area contributed by atoms with Gasteiger partial charge in [-0.25, -0.2) is 0 Å². The monoisotopic (exact) mass is 314 g/mol. The molecule has 122 valence electrons. The van der Waals surface area contributed by atoms with Gasteiger partial charge in [0, 0.05) is 5.41 Å². The number of carboxylic acid groups (broad SMARTS) is 1. The standard InChI is InChI=1S/C19H22O4/c1-19(10-4-3-8-17(19)18(21)22)11-9-15(13-20)14-6-5-7-16(12-14)23-2/h3-10,12,17,20H,11,13H2,1-2H3,(H,21,22)/b15-9+. The molecular formula is C19H22O4. The number of ether oxygens (including phenoxy) is 1. The normalized spacial score (nSPS) is 23.8. The van der Waals surface area contributed by atoms with Crippen molar-refractivity contribution in [1.82, 2.24) is 0 Å². The maximum Gasteiger partial charge on any atom is 0.311 e. The summed E-state index contributed by atoms with van der Waals surface area (Å²) in [6.45, 7) is 1.81. The molecule has 2 unspecified atom stereocenters. The summed E-state index contributed by atoms with van der Waals surface area (Å²) in [5.41, 5.74) is 1.12. The molecule has 4 nitrogen and oxygen atoms in total. The molecule has 0 spiro atoms. The number of carbonyl (C=O) groups is 1. The van der Waals surface area contributed by atoms with Crippen LogP contribution in [-0.4, -0.2) is 29.9 Å². The molecule has 0 aliphatic heterocycles. The van der Waals surface area contributed by atoms with Gasteiger partial charge in [0.15, 0.2) is 0 Å². The fraction of sp³-hybridized carbons (Fsp3) is 0.316. The van der Waals surface area contributed by atoms with Crippen molar-refractivity contribution in [2.75, 3.05) is 13.7 Å². The number of aliphatic carboxylic acids is 1. The van der Waals surface area contributed by atoms with Gasteiger partial charge in [-0.15, -0.1) is 0 Å². The van der Waals surface area contributed by atoms with Crippen LogP contribution in [0.25, 0.3) is 5.57 Å². The molecule has 2 N–H and O–H groups in total. The lowest BCUT2D eigenvalue weighted by Crippen LogP contribution is -2.31. The first-order valence-electron chi connectivity index (χ1n) is 7.53. The number of benzene rings is 1. The van der Waals surface area contributed by atoms with Crippen molar-refractivity contribution in [2.45, 2.75) is 13.3 Å². The Hall–Kier alpha value is -2.33. The predicted molar refractivity (Wildman–Crippen MR) is 90.2 cm³/mol. The van der Waals surface area contributed by atoms with E-state index in [2.05, 4.69) is 0 Å². The van der Waals surface area contributed by atoms with Crippen LogP contribution in [0.2, 0.25) is 0 Å². The Morgan fingerprint density at radius 3 is 2.83 bits per heavy atom. The second kappa shape index (κ2) is 7.29. The molecule has 0 amide bonds. The highest BCUT2D eigenvalue weighted by molar-refractivity contribution is 5.74. The van der Waals surface area contributed by atoms with Crippen molar-refractivity contribution in [2.24, 2.45) is 11.3 Å². The summed E-state index contributed by atoms with van der Waals surface area (Å²) in [4.78, 5) is 11.5. The minimum absolute atomic E-state index is 0.111. The van der Waals surface area contributed by atoms with E-state index >= 15 is 0 Å². The van der Waals surface area contributed by atoms with Gasteiger partial charge < -0.3 is 14.9 Å². The molecular weight excluding hydrogens is 292 g/mol. The molecule has 0 bridgehead atoms. The number of methoxy groups -OCH3 is 1. The Bertz CT molecular complexity index is 657. The lowest BCUT2D eigenvalue weighted by molar-refractivity contribution is -0.142. The zero-order valence-corrected chi connectivity index (χ0v) is 13.4. The lowest BCUT2D eigenvalue weighted by Gasteiger charge is -2.31. The van der Waals surface area contributed by atoms with Crippen LogP contribution in [0.3, 0.4) is 0 Å². The van der Waals surface area contributed by atoms with E-state index in [-0.39, 0.29) is 6.61 Å². The molecule has 23 heavy (non-hydrogen) atoms. The molecule has 1 aliphatic carbocycles. The van der Waals surface area contributed by atoms with Crippen molar-refractivity contribution in [3.8, 4) is 5.75 Å². The summed E-state index contributed by atoms with van der Waals surface area (Å²) in [7, 11) is 1.60. The Labute approximate surface area is 136 Å². The molecule has 0 aromatic heterocycles. The molecule has 0 fully saturated rings. The summed E-state index contributed by atoms with van der Waals surface area (Å²) in [6.07, 6.45) is 9.70. The largest absolute Gasteiger partial charge is 0.497 e. The maximum atomic E-state index is 11.5. The van der Waals surface area contributed by atoms with E-state index in [4.69, 9.17) is 4.74 Å². The van der Waals surface area contributed by atoms with Crippen LogP contribution < -0.4 is 4.74 Å². The van der Waals surface area contributed by atoms with Crippen molar-refractivity contribution in [1.29, 1.82) is 0 Å². The van der Waals surface area contributed by atoms with Gasteiger partial charge in [-0.05, 0) is 29.7 Å². The van der Waals surface area contributed by atoms with Crippen molar-refractivity contribution < 1.29 is 19.7 Å². The smallest absolute Gasteiger partial charge is 0.311 e. The molecule has 1 aromatic rings. The molecule has 0 saturated heterocycles. The second-order valence-electron chi connectivity index (χ2n) is 5.89. The molecule has 1 aromatic carbocycles. The molecule has 0 radical (unpaired) electrons. The van der Waals surface area contributed by atoms with Crippen molar-refractivity contribution in [3.63, 3.8) is 0 Å². The average Bonchev–Trinajstić information content (AvgIpc) is 2.55. The highest BCUT2D eigenvalue weighted by Gasteiger charge is 2.35. The average molecular weight is 314 g/mol. The summed E-state index contributed by atoms with van der Waals surface area (Å²) in [6, 6.07) is 7.46. The zero-order valence-electron chi connectivity index (χ0n) is 13.4. The van der Waals surface area contributed by atoms with Crippen LogP contribution in [0.5, 0.6) is 5.75 Å². The first-order valence-corrected chi connectivity index (χ1v) is 7.53. The van der Waals surface area contributed by atoms with Crippen LogP contribution in [0.15, 0.2) is 54.6 Å². The third-order valence-corrected chi connectivity index (χ3v) is 4.27. The minimum atomic E-state index is -0.839. The van der Waals surface area contributed by atoms with Gasteiger partial charge in [-0.2, -0.15) is 0 Å². The lowest BCUT2D eigenvalue weighted by atomic mass is 9.71. The Morgan fingerprint density at radius 1 is 1.39 bits per heavy atom. The van der Waals surface area contributed by atoms with E-state index in [1.165, 1.54) is 0 Å². The zero-order chi connectivity index (χ0) is 16.9. The maximum absolute atomic E-state index is 11.5. The fourth-order valence-corrected chi connectivity index (χ4v) is 2.77. The van der Waals surface area contributed by atoms with E-state index in [1.54, 1.807) is 19.3 Å². The molecule has 2 rings (SSSR count). The number of carboxylic acids is 1. The number of allylic oxidation sites excluding steroid dienone is 4. The Kier molecular flexibility index (Phi) is 5.40. The summed E-state index contributed by atoms with van der Waals surface area (Å²) < 4.78 is 5.21. The Morgan fingerprint density at radius 2 is 2.17 bits per heavy atom. The highest BCUT2D eigenvalue weighted by atomic mass is 16.5. The number of aliphatic hydroxyl groups is 1. The van der Waals surface area contributed by atoms with Crippen molar-refractivity contribution >= 4 is 11.5 Å². The second-order valence-corrected chi connectivity index (χ2v) is 5.89. The van der Waals surface area contributed by atoms with E-state index in [1.807, 2.05) is 49.4 Å². The van der Waals surface area contributed by atoms with E-state index in [0.29, 0.717) is 6.42 Å². The number of aliphatic hydroxyl groups excluding tert-OH is 1. The topological polar surface area (TPSA) is 66.8 Å². The third kappa shape index (κ3) is 3.90. The van der Waals surface area contributed by atoms with Crippen LogP contribution in [-0.2, 0) is 4.79 Å². The van der Waals surface area contributed by atoms with Gasteiger partial charge in [0.25, 0.3) is 0 Å². The van der Waals surface area contributed by atoms with Gasteiger partial charge in [-0.3, -0.25) is 4.79 Å². The number of hydrogen-bond acceptors (Lipinski definition) is 3. The molecule has 1 aliphatic rings. The summed E-state index contributed by atoms with van der Waals surface area (Å²) >= 11 is 0. The van der Waals surface area contributed by atoms with Crippen LogP contribution in [0.1, 0.15) is 18.9 Å². The van der Waals surface area contributed by atoms with E-state index < -0.39 is 17.3 Å². The summed E-state index contributed by atoms with van der Waals surface area (Å²) in [5, 5.41) is 19.1. The van der Waals surface area contributed by atoms with Crippen LogP contribution in [0.4, 0.5) is 0 Å².